The highest BCUT2D eigenvalue weighted by Gasteiger charge is 2.52. The molecule has 0 aromatic rings. The van der Waals surface area contributed by atoms with Gasteiger partial charge in [0.15, 0.2) is 12.1 Å². The van der Waals surface area contributed by atoms with Gasteiger partial charge in [0.2, 0.25) is 0 Å². The zero-order valence-corrected chi connectivity index (χ0v) is 21.0. The molecule has 33 heavy (non-hydrogen) atoms. The Labute approximate surface area is 200 Å². The van der Waals surface area contributed by atoms with Crippen LogP contribution in [0.15, 0.2) is 12.2 Å². The number of ether oxygens (including phenoxy) is 4. The Morgan fingerprint density at radius 2 is 1.70 bits per heavy atom. The zero-order chi connectivity index (χ0) is 23.2. The SMILES string of the molecule is CC1(C)COC2(CC[C@@H](C=CC(OC3CCCCO3)C3CCCCCC3)C2CCC=O)OC1. The van der Waals surface area contributed by atoms with Gasteiger partial charge in [-0.25, -0.2) is 0 Å². The van der Waals surface area contributed by atoms with Crippen molar-refractivity contribution in [3.8, 4) is 0 Å². The maximum absolute atomic E-state index is 11.2. The zero-order valence-electron chi connectivity index (χ0n) is 21.0. The second-order valence-corrected chi connectivity index (χ2v) is 11.6. The van der Waals surface area contributed by atoms with Crippen molar-refractivity contribution in [1.29, 1.82) is 0 Å². The van der Waals surface area contributed by atoms with Gasteiger partial charge in [0.05, 0.1) is 19.3 Å². The summed E-state index contributed by atoms with van der Waals surface area (Å²) in [5.74, 6) is 0.616. The van der Waals surface area contributed by atoms with Crippen molar-refractivity contribution in [3.63, 3.8) is 0 Å². The molecule has 4 aliphatic rings. The van der Waals surface area contributed by atoms with E-state index in [1.54, 1.807) is 0 Å². The van der Waals surface area contributed by atoms with Crippen molar-refractivity contribution < 1.29 is 23.7 Å². The summed E-state index contributed by atoms with van der Waals surface area (Å²) in [4.78, 5) is 11.2. The molecule has 1 spiro atoms. The quantitative estimate of drug-likeness (QED) is 0.244. The Morgan fingerprint density at radius 1 is 0.970 bits per heavy atom. The standard InChI is InChI=1S/C28H46O5/c1-27(2)20-31-28(32-21-27)17-16-22(24(28)12-9-18-29)14-15-25(23-10-5-3-4-6-11-23)33-26-13-7-8-19-30-26/h14-15,18,22-26H,3-13,16-17,19-21H2,1-2H3/t22-,24?,25?,26?/m1/s1. The van der Waals surface area contributed by atoms with Crippen molar-refractivity contribution >= 4 is 6.29 Å². The van der Waals surface area contributed by atoms with Crippen LogP contribution in [0.1, 0.15) is 97.3 Å². The van der Waals surface area contributed by atoms with Gasteiger partial charge in [-0.15, -0.1) is 0 Å². The third kappa shape index (κ3) is 6.68. The molecule has 2 saturated heterocycles. The van der Waals surface area contributed by atoms with Crippen LogP contribution < -0.4 is 0 Å². The third-order valence-electron chi connectivity index (χ3n) is 8.28. The summed E-state index contributed by atoms with van der Waals surface area (Å²) in [6, 6.07) is 0. The van der Waals surface area contributed by atoms with Gasteiger partial charge in [-0.1, -0.05) is 51.7 Å². The Kier molecular flexibility index (Phi) is 9.05. The molecule has 5 heteroatoms. The molecule has 2 aliphatic carbocycles. The molecule has 2 aliphatic heterocycles. The summed E-state index contributed by atoms with van der Waals surface area (Å²) >= 11 is 0. The van der Waals surface area contributed by atoms with Gasteiger partial charge in [-0.05, 0) is 56.8 Å². The van der Waals surface area contributed by atoms with Crippen LogP contribution in [-0.2, 0) is 23.7 Å². The first kappa shape index (κ1) is 25.3. The average molecular weight is 463 g/mol. The molecule has 0 bridgehead atoms. The Morgan fingerprint density at radius 3 is 2.36 bits per heavy atom. The van der Waals surface area contributed by atoms with Crippen LogP contribution in [0.25, 0.3) is 0 Å². The fourth-order valence-electron chi connectivity index (χ4n) is 6.27. The topological polar surface area (TPSA) is 54.0 Å². The van der Waals surface area contributed by atoms with Gasteiger partial charge in [-0.3, -0.25) is 0 Å². The first-order valence-electron chi connectivity index (χ1n) is 13.7. The minimum atomic E-state index is -0.529. The van der Waals surface area contributed by atoms with E-state index in [-0.39, 0.29) is 23.7 Å². The van der Waals surface area contributed by atoms with Crippen molar-refractivity contribution in [1.82, 2.24) is 0 Å². The number of allylic oxidation sites excluding steroid dienone is 1. The lowest BCUT2D eigenvalue weighted by atomic mass is 9.85. The lowest BCUT2D eigenvalue weighted by Crippen LogP contribution is -2.50. The van der Waals surface area contributed by atoms with E-state index in [1.165, 1.54) is 44.9 Å². The fraction of sp³-hybridized carbons (Fsp3) is 0.893. The van der Waals surface area contributed by atoms with Gasteiger partial charge >= 0.3 is 0 Å². The monoisotopic (exact) mass is 462 g/mol. The summed E-state index contributed by atoms with van der Waals surface area (Å²) in [7, 11) is 0. The summed E-state index contributed by atoms with van der Waals surface area (Å²) in [6.45, 7) is 6.63. The molecule has 2 saturated carbocycles. The molecule has 0 N–H and O–H groups in total. The molecule has 4 atom stereocenters. The lowest BCUT2D eigenvalue weighted by molar-refractivity contribution is -0.316. The van der Waals surface area contributed by atoms with Gasteiger partial charge in [-0.2, -0.15) is 0 Å². The van der Waals surface area contributed by atoms with E-state index in [0.717, 1.165) is 45.0 Å². The Bertz CT molecular complexity index is 620. The van der Waals surface area contributed by atoms with E-state index in [4.69, 9.17) is 18.9 Å². The van der Waals surface area contributed by atoms with E-state index >= 15 is 0 Å². The van der Waals surface area contributed by atoms with Gasteiger partial charge in [0, 0.05) is 30.8 Å². The molecule has 0 aromatic carbocycles. The molecular weight excluding hydrogens is 416 g/mol. The summed E-state index contributed by atoms with van der Waals surface area (Å²) in [6.07, 6.45) is 20.3. The average Bonchev–Trinajstić information content (AvgIpc) is 2.97. The second kappa shape index (κ2) is 11.8. The highest BCUT2D eigenvalue weighted by molar-refractivity contribution is 5.49. The molecule has 5 nitrogen and oxygen atoms in total. The first-order valence-corrected chi connectivity index (χ1v) is 13.7. The summed E-state index contributed by atoms with van der Waals surface area (Å²) in [5, 5.41) is 0. The Hall–Kier alpha value is -0.750. The van der Waals surface area contributed by atoms with E-state index in [1.807, 2.05) is 0 Å². The smallest absolute Gasteiger partial charge is 0.171 e. The highest BCUT2D eigenvalue weighted by Crippen LogP contribution is 2.50. The van der Waals surface area contributed by atoms with E-state index < -0.39 is 5.79 Å². The van der Waals surface area contributed by atoms with Crippen LogP contribution in [0, 0.1) is 23.2 Å². The molecule has 4 fully saturated rings. The first-order chi connectivity index (χ1) is 16.0. The molecule has 0 aromatic heterocycles. The fourth-order valence-corrected chi connectivity index (χ4v) is 6.27. The number of hydrogen-bond acceptors (Lipinski definition) is 5. The largest absolute Gasteiger partial charge is 0.353 e. The second-order valence-electron chi connectivity index (χ2n) is 11.6. The van der Waals surface area contributed by atoms with Crippen LogP contribution in [0.2, 0.25) is 0 Å². The highest BCUT2D eigenvalue weighted by atomic mass is 16.7. The Balaban J connectivity index is 1.47. The normalized spacial score (nSPS) is 33.8. The van der Waals surface area contributed by atoms with E-state index in [0.29, 0.717) is 31.5 Å². The van der Waals surface area contributed by atoms with Crippen LogP contribution in [0.5, 0.6) is 0 Å². The van der Waals surface area contributed by atoms with E-state index in [2.05, 4.69) is 26.0 Å². The summed E-state index contributed by atoms with van der Waals surface area (Å²) in [5.41, 5.74) is 0.0484. The molecule has 4 rings (SSSR count). The van der Waals surface area contributed by atoms with E-state index in [9.17, 15) is 4.79 Å². The van der Waals surface area contributed by atoms with Crippen LogP contribution in [-0.4, -0.2) is 44.3 Å². The number of aldehydes is 1. The van der Waals surface area contributed by atoms with Crippen LogP contribution >= 0.6 is 0 Å². The number of carbonyl (C=O) groups excluding carboxylic acids is 1. The number of rotatable bonds is 8. The van der Waals surface area contributed by atoms with Crippen molar-refractivity contribution in [2.75, 3.05) is 19.8 Å². The molecule has 0 radical (unpaired) electrons. The number of carbonyl (C=O) groups is 1. The van der Waals surface area contributed by atoms with Crippen molar-refractivity contribution in [2.45, 2.75) is 115 Å². The molecule has 188 valence electrons. The predicted molar refractivity (Wildman–Crippen MR) is 129 cm³/mol. The number of hydrogen-bond donors (Lipinski definition) is 0. The molecule has 2 heterocycles. The van der Waals surface area contributed by atoms with Gasteiger partial charge in [0.1, 0.15) is 6.29 Å². The third-order valence-corrected chi connectivity index (χ3v) is 8.28. The van der Waals surface area contributed by atoms with Crippen molar-refractivity contribution in [2.24, 2.45) is 23.2 Å². The maximum Gasteiger partial charge on any atom is 0.171 e. The van der Waals surface area contributed by atoms with Gasteiger partial charge < -0.3 is 23.7 Å². The molecular formula is C28H46O5. The maximum atomic E-state index is 11.2. The van der Waals surface area contributed by atoms with Crippen molar-refractivity contribution in [3.05, 3.63) is 12.2 Å². The minimum Gasteiger partial charge on any atom is -0.353 e. The van der Waals surface area contributed by atoms with Crippen LogP contribution in [0.3, 0.4) is 0 Å². The lowest BCUT2D eigenvalue weighted by Gasteiger charge is -2.45. The minimum absolute atomic E-state index is 0.0484. The summed E-state index contributed by atoms with van der Waals surface area (Å²) < 4.78 is 25.4. The molecule has 0 amide bonds. The molecule has 3 unspecified atom stereocenters. The predicted octanol–water partition coefficient (Wildman–Crippen LogP) is 6.20. The van der Waals surface area contributed by atoms with Gasteiger partial charge in [0.25, 0.3) is 0 Å². The van der Waals surface area contributed by atoms with Crippen LogP contribution in [0.4, 0.5) is 0 Å².